The largest absolute Gasteiger partial charge is 0.292 e. The van der Waals surface area contributed by atoms with Crippen LogP contribution in [-0.2, 0) is 10.8 Å². The maximum atomic E-state index is 11.6. The smallest absolute Gasteiger partial charge is 0.188 e. The Kier molecular flexibility index (Phi) is 3.64. The van der Waals surface area contributed by atoms with E-state index in [0.29, 0.717) is 9.21 Å². The SMILES string of the molecule is CC(C(=O)c1ccc(Cl)s1)S(C)=O. The molecule has 0 aromatic carbocycles. The lowest BCUT2D eigenvalue weighted by molar-refractivity contribution is 0.0996. The first kappa shape index (κ1) is 10.9. The Hall–Kier alpha value is -0.190. The van der Waals surface area contributed by atoms with Gasteiger partial charge in [-0.2, -0.15) is 0 Å². The van der Waals surface area contributed by atoms with E-state index in [1.54, 1.807) is 19.1 Å². The minimum Gasteiger partial charge on any atom is -0.292 e. The van der Waals surface area contributed by atoms with Gasteiger partial charge in [-0.3, -0.25) is 9.00 Å². The molecule has 0 spiro atoms. The zero-order valence-electron chi connectivity index (χ0n) is 7.24. The molecule has 0 aliphatic rings. The summed E-state index contributed by atoms with van der Waals surface area (Å²) in [5.74, 6) is -0.0993. The number of halogens is 1. The maximum absolute atomic E-state index is 11.6. The minimum absolute atomic E-state index is 0.0993. The molecule has 0 saturated heterocycles. The highest BCUT2D eigenvalue weighted by Gasteiger charge is 2.19. The van der Waals surface area contributed by atoms with Gasteiger partial charge in [-0.15, -0.1) is 11.3 Å². The van der Waals surface area contributed by atoms with Crippen LogP contribution in [0.5, 0.6) is 0 Å². The van der Waals surface area contributed by atoms with Crippen LogP contribution < -0.4 is 0 Å². The van der Waals surface area contributed by atoms with Gasteiger partial charge >= 0.3 is 0 Å². The lowest BCUT2D eigenvalue weighted by atomic mass is 10.2. The molecule has 0 fully saturated rings. The molecule has 1 rings (SSSR count). The molecule has 0 aliphatic carbocycles. The van der Waals surface area contributed by atoms with Crippen molar-refractivity contribution in [1.82, 2.24) is 0 Å². The Labute approximate surface area is 88.4 Å². The third kappa shape index (κ3) is 2.62. The van der Waals surface area contributed by atoms with E-state index in [1.165, 1.54) is 17.6 Å². The van der Waals surface area contributed by atoms with Gasteiger partial charge in [-0.25, -0.2) is 0 Å². The van der Waals surface area contributed by atoms with E-state index in [2.05, 4.69) is 0 Å². The summed E-state index contributed by atoms with van der Waals surface area (Å²) in [5.41, 5.74) is 0. The second-order valence-corrected chi connectivity index (χ2v) is 6.03. The Balaban J connectivity index is 2.85. The molecule has 1 heterocycles. The molecule has 0 amide bonds. The molecule has 5 heteroatoms. The average molecular weight is 237 g/mol. The topological polar surface area (TPSA) is 34.1 Å². The molecular weight excluding hydrogens is 228 g/mol. The zero-order chi connectivity index (χ0) is 10.0. The van der Waals surface area contributed by atoms with E-state index in [1.807, 2.05) is 0 Å². The lowest BCUT2D eigenvalue weighted by Gasteiger charge is -2.03. The van der Waals surface area contributed by atoms with Gasteiger partial charge in [0.05, 0.1) is 14.5 Å². The van der Waals surface area contributed by atoms with Crippen LogP contribution >= 0.6 is 22.9 Å². The number of thiophene rings is 1. The summed E-state index contributed by atoms with van der Waals surface area (Å²) in [5, 5.41) is -0.449. The van der Waals surface area contributed by atoms with Gasteiger partial charge in [0.25, 0.3) is 0 Å². The Morgan fingerprint density at radius 1 is 1.62 bits per heavy atom. The van der Waals surface area contributed by atoms with Crippen molar-refractivity contribution >= 4 is 39.5 Å². The highest BCUT2D eigenvalue weighted by molar-refractivity contribution is 7.85. The van der Waals surface area contributed by atoms with Crippen LogP contribution in [0.1, 0.15) is 16.6 Å². The maximum Gasteiger partial charge on any atom is 0.188 e. The van der Waals surface area contributed by atoms with Crippen molar-refractivity contribution in [3.8, 4) is 0 Å². The summed E-state index contributed by atoms with van der Waals surface area (Å²) in [4.78, 5) is 12.1. The van der Waals surface area contributed by atoms with Gasteiger partial charge in [0.1, 0.15) is 0 Å². The first-order valence-electron chi connectivity index (χ1n) is 3.64. The van der Waals surface area contributed by atoms with E-state index in [9.17, 15) is 9.00 Å². The van der Waals surface area contributed by atoms with Crippen LogP contribution in [0.4, 0.5) is 0 Å². The van der Waals surface area contributed by atoms with E-state index in [-0.39, 0.29) is 5.78 Å². The fourth-order valence-electron chi connectivity index (χ4n) is 0.798. The number of ketones is 1. The van der Waals surface area contributed by atoms with Crippen LogP contribution in [-0.4, -0.2) is 21.5 Å². The van der Waals surface area contributed by atoms with Crippen LogP contribution in [0.25, 0.3) is 0 Å². The highest BCUT2D eigenvalue weighted by atomic mass is 35.5. The average Bonchev–Trinajstić information content (AvgIpc) is 2.49. The standard InChI is InChI=1S/C8H9ClO2S2/c1-5(13(2)11)8(10)6-3-4-7(9)12-6/h3-5H,1-2H3. The molecule has 0 N–H and O–H groups in total. The second kappa shape index (κ2) is 4.35. The molecule has 0 saturated carbocycles. The van der Waals surface area contributed by atoms with Crippen molar-refractivity contribution in [2.75, 3.05) is 6.26 Å². The first-order valence-corrected chi connectivity index (χ1v) is 6.45. The van der Waals surface area contributed by atoms with Crippen molar-refractivity contribution in [2.45, 2.75) is 12.2 Å². The highest BCUT2D eigenvalue weighted by Crippen LogP contribution is 2.23. The van der Waals surface area contributed by atoms with Gasteiger partial charge in [0.15, 0.2) is 5.78 Å². The molecule has 0 aliphatic heterocycles. The zero-order valence-corrected chi connectivity index (χ0v) is 9.63. The lowest BCUT2D eigenvalue weighted by Crippen LogP contribution is -2.20. The summed E-state index contributed by atoms with van der Waals surface area (Å²) in [6.07, 6.45) is 1.53. The number of Topliss-reactive ketones (excluding diaryl/α,β-unsaturated/α-hetero) is 1. The molecular formula is C8H9ClO2S2. The van der Waals surface area contributed by atoms with Crippen molar-refractivity contribution in [1.29, 1.82) is 0 Å². The third-order valence-corrected chi connectivity index (χ3v) is 4.14. The van der Waals surface area contributed by atoms with Crippen LogP contribution in [0, 0.1) is 0 Å². The van der Waals surface area contributed by atoms with Crippen molar-refractivity contribution in [3.05, 3.63) is 21.3 Å². The fraction of sp³-hybridized carbons (Fsp3) is 0.375. The summed E-state index contributed by atoms with van der Waals surface area (Å²) in [6.45, 7) is 1.66. The summed E-state index contributed by atoms with van der Waals surface area (Å²) < 4.78 is 11.6. The van der Waals surface area contributed by atoms with Gasteiger partial charge in [0.2, 0.25) is 0 Å². The number of hydrogen-bond donors (Lipinski definition) is 0. The molecule has 2 unspecified atom stereocenters. The fourth-order valence-corrected chi connectivity index (χ4v) is 2.37. The number of carbonyl (C=O) groups is 1. The predicted octanol–water partition coefficient (Wildman–Crippen LogP) is 2.35. The second-order valence-electron chi connectivity index (χ2n) is 2.61. The molecule has 0 radical (unpaired) electrons. The number of carbonyl (C=O) groups excluding carboxylic acids is 1. The van der Waals surface area contributed by atoms with Gasteiger partial charge in [0, 0.05) is 17.1 Å². The molecule has 2 nitrogen and oxygen atoms in total. The normalized spacial score (nSPS) is 15.3. The third-order valence-electron chi connectivity index (χ3n) is 1.68. The molecule has 0 bridgehead atoms. The Morgan fingerprint density at radius 3 is 2.62 bits per heavy atom. The summed E-state index contributed by atoms with van der Waals surface area (Å²) >= 11 is 6.90. The van der Waals surface area contributed by atoms with E-state index in [4.69, 9.17) is 11.6 Å². The first-order chi connectivity index (χ1) is 6.02. The van der Waals surface area contributed by atoms with E-state index < -0.39 is 16.0 Å². The number of rotatable bonds is 3. The van der Waals surface area contributed by atoms with Gasteiger partial charge in [-0.05, 0) is 19.1 Å². The molecule has 13 heavy (non-hydrogen) atoms. The molecule has 2 atom stereocenters. The minimum atomic E-state index is -1.12. The van der Waals surface area contributed by atoms with Crippen LogP contribution in [0.2, 0.25) is 4.34 Å². The van der Waals surface area contributed by atoms with Crippen molar-refractivity contribution in [3.63, 3.8) is 0 Å². The van der Waals surface area contributed by atoms with Crippen molar-refractivity contribution in [2.24, 2.45) is 0 Å². The van der Waals surface area contributed by atoms with E-state index in [0.717, 1.165) is 0 Å². The van der Waals surface area contributed by atoms with Gasteiger partial charge in [-0.1, -0.05) is 11.6 Å². The monoisotopic (exact) mass is 236 g/mol. The van der Waals surface area contributed by atoms with Gasteiger partial charge < -0.3 is 0 Å². The Bertz CT molecular complexity index is 346. The van der Waals surface area contributed by atoms with Crippen LogP contribution in [0.15, 0.2) is 12.1 Å². The Morgan fingerprint density at radius 2 is 2.23 bits per heavy atom. The predicted molar refractivity (Wildman–Crippen MR) is 57.2 cm³/mol. The van der Waals surface area contributed by atoms with E-state index >= 15 is 0 Å². The molecule has 1 aromatic rings. The summed E-state index contributed by atoms with van der Waals surface area (Å²) in [6, 6.07) is 3.34. The summed E-state index contributed by atoms with van der Waals surface area (Å²) in [7, 11) is -1.12. The van der Waals surface area contributed by atoms with Crippen molar-refractivity contribution < 1.29 is 9.00 Å². The van der Waals surface area contributed by atoms with Crippen LogP contribution in [0.3, 0.4) is 0 Å². The molecule has 1 aromatic heterocycles. The molecule has 72 valence electrons. The quantitative estimate of drug-likeness (QED) is 0.755. The number of hydrogen-bond acceptors (Lipinski definition) is 3.